The van der Waals surface area contributed by atoms with Crippen molar-refractivity contribution in [3.8, 4) is 16.9 Å². The number of piperidine rings is 1. The lowest BCUT2D eigenvalue weighted by Gasteiger charge is -2.40. The third-order valence-electron chi connectivity index (χ3n) is 6.81. The van der Waals surface area contributed by atoms with Gasteiger partial charge in [0.05, 0.1) is 12.1 Å². The van der Waals surface area contributed by atoms with Crippen molar-refractivity contribution in [2.24, 2.45) is 5.41 Å². The standard InChI is InChI=1S/C29H34N2O3/c1-20-25(18-26(32)33)28(31-16-14-29(3,4)15-17-31)27(21(2)30-20)23-10-12-24(13-11-23)34-19-22-8-6-5-7-9-22/h5-13H,14-19H2,1-4H3,(H,32,33). The van der Waals surface area contributed by atoms with Gasteiger partial charge in [0, 0.05) is 35.6 Å². The zero-order chi connectivity index (χ0) is 24.3. The van der Waals surface area contributed by atoms with Gasteiger partial charge in [0.25, 0.3) is 0 Å². The Morgan fingerprint density at radius 2 is 1.65 bits per heavy atom. The number of pyridine rings is 1. The van der Waals surface area contributed by atoms with Crippen molar-refractivity contribution in [2.45, 2.75) is 53.6 Å². The number of nitrogens with zero attached hydrogens (tertiary/aromatic N) is 2. The SMILES string of the molecule is Cc1nc(C)c(-c2ccc(OCc3ccccc3)cc2)c(N2CCC(C)(C)CC2)c1CC(=O)O. The Morgan fingerprint density at radius 3 is 2.26 bits per heavy atom. The van der Waals surface area contributed by atoms with Crippen molar-refractivity contribution in [3.63, 3.8) is 0 Å². The minimum absolute atomic E-state index is 0.0282. The van der Waals surface area contributed by atoms with E-state index in [0.29, 0.717) is 12.0 Å². The summed E-state index contributed by atoms with van der Waals surface area (Å²) in [6.07, 6.45) is 2.12. The van der Waals surface area contributed by atoms with Crippen molar-refractivity contribution >= 4 is 11.7 Å². The summed E-state index contributed by atoms with van der Waals surface area (Å²) in [5.74, 6) is -0.0275. The molecular formula is C29H34N2O3. The first-order chi connectivity index (χ1) is 16.2. The van der Waals surface area contributed by atoms with Gasteiger partial charge in [-0.25, -0.2) is 0 Å². The first kappa shape index (κ1) is 23.8. The molecule has 2 heterocycles. The topological polar surface area (TPSA) is 62.7 Å². The molecule has 1 fully saturated rings. The van der Waals surface area contributed by atoms with Gasteiger partial charge in [-0.1, -0.05) is 56.3 Å². The van der Waals surface area contributed by atoms with Crippen molar-refractivity contribution in [1.29, 1.82) is 0 Å². The molecule has 5 nitrogen and oxygen atoms in total. The molecule has 3 aromatic rings. The van der Waals surface area contributed by atoms with Crippen LogP contribution < -0.4 is 9.64 Å². The average molecular weight is 459 g/mol. The van der Waals surface area contributed by atoms with Gasteiger partial charge in [0.1, 0.15) is 12.4 Å². The number of benzene rings is 2. The van der Waals surface area contributed by atoms with E-state index in [2.05, 4.69) is 30.9 Å². The predicted octanol–water partition coefficient (Wildman–Crippen LogP) is 6.20. The second-order valence-electron chi connectivity index (χ2n) is 10.0. The van der Waals surface area contributed by atoms with Crippen LogP contribution in [0.4, 0.5) is 5.69 Å². The highest BCUT2D eigenvalue weighted by Crippen LogP contribution is 2.41. The predicted molar refractivity (Wildman–Crippen MR) is 136 cm³/mol. The number of hydrogen-bond donors (Lipinski definition) is 1. The molecule has 34 heavy (non-hydrogen) atoms. The number of ether oxygens (including phenoxy) is 1. The van der Waals surface area contributed by atoms with E-state index >= 15 is 0 Å². The summed E-state index contributed by atoms with van der Waals surface area (Å²) >= 11 is 0. The van der Waals surface area contributed by atoms with Crippen LogP contribution in [0.25, 0.3) is 11.1 Å². The number of rotatable bonds is 7. The molecule has 1 saturated heterocycles. The van der Waals surface area contributed by atoms with Crippen LogP contribution in [0.1, 0.15) is 49.2 Å². The van der Waals surface area contributed by atoms with Crippen molar-refractivity contribution in [3.05, 3.63) is 77.1 Å². The zero-order valence-corrected chi connectivity index (χ0v) is 20.6. The number of anilines is 1. The van der Waals surface area contributed by atoms with Crippen LogP contribution >= 0.6 is 0 Å². The Hall–Kier alpha value is -3.34. The smallest absolute Gasteiger partial charge is 0.307 e. The molecule has 0 amide bonds. The van der Waals surface area contributed by atoms with E-state index in [1.54, 1.807) is 0 Å². The summed E-state index contributed by atoms with van der Waals surface area (Å²) in [4.78, 5) is 18.9. The largest absolute Gasteiger partial charge is 0.489 e. The molecule has 178 valence electrons. The lowest BCUT2D eigenvalue weighted by molar-refractivity contribution is -0.136. The summed E-state index contributed by atoms with van der Waals surface area (Å²) in [7, 11) is 0. The Kier molecular flexibility index (Phi) is 6.92. The van der Waals surface area contributed by atoms with Gasteiger partial charge < -0.3 is 14.7 Å². The van der Waals surface area contributed by atoms with E-state index in [1.807, 2.05) is 56.3 Å². The second kappa shape index (κ2) is 9.88. The summed E-state index contributed by atoms with van der Waals surface area (Å²) < 4.78 is 5.97. The van der Waals surface area contributed by atoms with Crippen molar-refractivity contribution in [1.82, 2.24) is 4.98 Å². The van der Waals surface area contributed by atoms with Crippen LogP contribution in [0, 0.1) is 19.3 Å². The van der Waals surface area contributed by atoms with E-state index < -0.39 is 5.97 Å². The zero-order valence-electron chi connectivity index (χ0n) is 20.6. The first-order valence-electron chi connectivity index (χ1n) is 12.0. The third-order valence-corrected chi connectivity index (χ3v) is 6.81. The van der Waals surface area contributed by atoms with E-state index in [4.69, 9.17) is 9.72 Å². The van der Waals surface area contributed by atoms with Gasteiger partial charge >= 0.3 is 5.97 Å². The van der Waals surface area contributed by atoms with Gasteiger partial charge in [-0.05, 0) is 55.4 Å². The quantitative estimate of drug-likeness (QED) is 0.457. The number of hydrogen-bond acceptors (Lipinski definition) is 4. The Balaban J connectivity index is 1.69. The maximum atomic E-state index is 11.8. The molecule has 1 aliphatic rings. The molecule has 2 aromatic carbocycles. The Bertz CT molecular complexity index is 1140. The Labute approximate surface area is 202 Å². The van der Waals surface area contributed by atoms with E-state index in [-0.39, 0.29) is 6.42 Å². The molecule has 1 aromatic heterocycles. The number of carboxylic acid groups (broad SMARTS) is 1. The van der Waals surface area contributed by atoms with E-state index in [0.717, 1.165) is 71.0 Å². The fourth-order valence-corrected chi connectivity index (χ4v) is 4.72. The molecule has 0 spiro atoms. The average Bonchev–Trinajstić information content (AvgIpc) is 2.80. The number of carboxylic acids is 1. The number of aliphatic carboxylic acids is 1. The highest BCUT2D eigenvalue weighted by Gasteiger charge is 2.30. The molecule has 5 heteroatoms. The molecule has 0 atom stereocenters. The van der Waals surface area contributed by atoms with Crippen LogP contribution in [0.5, 0.6) is 5.75 Å². The highest BCUT2D eigenvalue weighted by molar-refractivity contribution is 5.86. The molecule has 1 N–H and O–H groups in total. The molecule has 4 rings (SSSR count). The van der Waals surface area contributed by atoms with Gasteiger partial charge in [-0.3, -0.25) is 9.78 Å². The van der Waals surface area contributed by atoms with Gasteiger partial charge in [-0.2, -0.15) is 0 Å². The van der Waals surface area contributed by atoms with Crippen LogP contribution in [0.2, 0.25) is 0 Å². The summed E-state index contributed by atoms with van der Waals surface area (Å²) in [5.41, 5.74) is 7.05. The van der Waals surface area contributed by atoms with Crippen molar-refractivity contribution in [2.75, 3.05) is 18.0 Å². The lowest BCUT2D eigenvalue weighted by atomic mass is 9.82. The second-order valence-corrected chi connectivity index (χ2v) is 10.0. The fraction of sp³-hybridized carbons (Fsp3) is 0.379. The molecule has 0 radical (unpaired) electrons. The third kappa shape index (κ3) is 5.41. The summed E-state index contributed by atoms with van der Waals surface area (Å²) in [6.45, 7) is 10.9. The highest BCUT2D eigenvalue weighted by atomic mass is 16.5. The minimum Gasteiger partial charge on any atom is -0.489 e. The van der Waals surface area contributed by atoms with Crippen LogP contribution in [-0.2, 0) is 17.8 Å². The maximum Gasteiger partial charge on any atom is 0.307 e. The van der Waals surface area contributed by atoms with Crippen LogP contribution in [0.3, 0.4) is 0 Å². The molecule has 0 aliphatic carbocycles. The lowest BCUT2D eigenvalue weighted by Crippen LogP contribution is -2.38. The van der Waals surface area contributed by atoms with Crippen LogP contribution in [-0.4, -0.2) is 29.1 Å². The Morgan fingerprint density at radius 1 is 1.00 bits per heavy atom. The van der Waals surface area contributed by atoms with Gasteiger partial charge in [0.15, 0.2) is 0 Å². The fourth-order valence-electron chi connectivity index (χ4n) is 4.72. The van der Waals surface area contributed by atoms with E-state index in [9.17, 15) is 9.90 Å². The van der Waals surface area contributed by atoms with Crippen LogP contribution in [0.15, 0.2) is 54.6 Å². The first-order valence-corrected chi connectivity index (χ1v) is 12.0. The molecule has 0 unspecified atom stereocenters. The summed E-state index contributed by atoms with van der Waals surface area (Å²) in [6, 6.07) is 18.2. The normalized spacial score (nSPS) is 15.2. The van der Waals surface area contributed by atoms with Gasteiger partial charge in [0.2, 0.25) is 0 Å². The maximum absolute atomic E-state index is 11.8. The molecule has 1 aliphatic heterocycles. The molecular weight excluding hydrogens is 424 g/mol. The van der Waals surface area contributed by atoms with Gasteiger partial charge in [-0.15, -0.1) is 0 Å². The molecule has 0 bridgehead atoms. The van der Waals surface area contributed by atoms with E-state index in [1.165, 1.54) is 0 Å². The van der Waals surface area contributed by atoms with Crippen molar-refractivity contribution < 1.29 is 14.6 Å². The monoisotopic (exact) mass is 458 g/mol. The number of aromatic nitrogens is 1. The summed E-state index contributed by atoms with van der Waals surface area (Å²) in [5, 5.41) is 9.65. The minimum atomic E-state index is -0.831. The number of aryl methyl sites for hydroxylation is 2. The number of carbonyl (C=O) groups is 1. The molecule has 0 saturated carbocycles.